The van der Waals surface area contributed by atoms with Gasteiger partial charge < -0.3 is 9.64 Å². The minimum Gasteiger partial charge on any atom is -0.470 e. The Morgan fingerprint density at radius 2 is 2.12 bits per heavy atom. The summed E-state index contributed by atoms with van der Waals surface area (Å²) in [6.07, 6.45) is 3.41. The van der Waals surface area contributed by atoms with Crippen LogP contribution in [-0.2, 0) is 20.3 Å². The van der Waals surface area contributed by atoms with Crippen molar-refractivity contribution < 1.29 is 9.53 Å². The summed E-state index contributed by atoms with van der Waals surface area (Å²) in [7, 11) is 3.58. The molecule has 8 heteroatoms. The molecule has 0 N–H and O–H groups in total. The highest BCUT2D eigenvalue weighted by atomic mass is 35.5. The molecule has 0 saturated heterocycles. The highest BCUT2D eigenvalue weighted by Gasteiger charge is 2.16. The molecule has 0 saturated carbocycles. The monoisotopic (exact) mass is 373 g/mol. The summed E-state index contributed by atoms with van der Waals surface area (Å²) in [5.41, 5.74) is 2.35. The van der Waals surface area contributed by atoms with Crippen LogP contribution in [0.1, 0.15) is 21.7 Å². The molecule has 0 atom stereocenters. The molecule has 1 aromatic carbocycles. The van der Waals surface area contributed by atoms with Crippen LogP contribution in [0, 0.1) is 6.92 Å². The molecule has 0 radical (unpaired) electrons. The van der Waals surface area contributed by atoms with Crippen molar-refractivity contribution in [1.82, 2.24) is 24.5 Å². The molecule has 0 aliphatic heterocycles. The molecule has 3 rings (SSSR count). The normalized spacial score (nSPS) is 10.8. The van der Waals surface area contributed by atoms with Gasteiger partial charge in [0.05, 0.1) is 17.3 Å². The third-order valence-corrected chi connectivity index (χ3v) is 4.28. The maximum Gasteiger partial charge on any atom is 0.274 e. The summed E-state index contributed by atoms with van der Waals surface area (Å²) in [4.78, 5) is 14.1. The topological polar surface area (TPSA) is 65.2 Å². The molecule has 136 valence electrons. The number of rotatable bonds is 6. The Morgan fingerprint density at radius 1 is 1.31 bits per heavy atom. The average Bonchev–Trinajstić information content (AvgIpc) is 3.24. The van der Waals surface area contributed by atoms with E-state index in [4.69, 9.17) is 16.3 Å². The highest BCUT2D eigenvalue weighted by Crippen LogP contribution is 2.25. The Balaban J connectivity index is 1.62. The van der Waals surface area contributed by atoms with E-state index in [0.717, 1.165) is 11.3 Å². The maximum absolute atomic E-state index is 12.5. The van der Waals surface area contributed by atoms with Gasteiger partial charge in [-0.2, -0.15) is 10.2 Å². The number of halogens is 1. The molecule has 0 spiro atoms. The molecule has 0 bridgehead atoms. The van der Waals surface area contributed by atoms with Gasteiger partial charge in [-0.15, -0.1) is 0 Å². The second kappa shape index (κ2) is 7.61. The van der Waals surface area contributed by atoms with Crippen LogP contribution in [0.25, 0.3) is 0 Å². The third-order valence-electron chi connectivity index (χ3n) is 3.97. The van der Waals surface area contributed by atoms with Crippen molar-refractivity contribution in [1.29, 1.82) is 0 Å². The van der Waals surface area contributed by atoms with E-state index in [2.05, 4.69) is 10.2 Å². The van der Waals surface area contributed by atoms with Crippen LogP contribution in [0.15, 0.2) is 42.7 Å². The minimum atomic E-state index is -0.168. The van der Waals surface area contributed by atoms with Gasteiger partial charge in [-0.3, -0.25) is 9.48 Å². The smallest absolute Gasteiger partial charge is 0.274 e. The van der Waals surface area contributed by atoms with Crippen molar-refractivity contribution in [3.8, 4) is 5.75 Å². The van der Waals surface area contributed by atoms with Crippen molar-refractivity contribution in [3.63, 3.8) is 0 Å². The fourth-order valence-electron chi connectivity index (χ4n) is 2.47. The first-order valence-electron chi connectivity index (χ1n) is 8.09. The van der Waals surface area contributed by atoms with Crippen LogP contribution < -0.4 is 4.74 Å². The molecule has 26 heavy (non-hydrogen) atoms. The molecule has 0 fully saturated rings. The fourth-order valence-corrected chi connectivity index (χ4v) is 2.64. The van der Waals surface area contributed by atoms with Gasteiger partial charge in [-0.25, -0.2) is 4.68 Å². The van der Waals surface area contributed by atoms with Crippen molar-refractivity contribution in [2.75, 3.05) is 7.05 Å². The van der Waals surface area contributed by atoms with Crippen LogP contribution in [-0.4, -0.2) is 37.4 Å². The number of aromatic nitrogens is 4. The summed E-state index contributed by atoms with van der Waals surface area (Å²) in [5, 5.41) is 8.93. The lowest BCUT2D eigenvalue weighted by molar-refractivity contribution is 0.0774. The van der Waals surface area contributed by atoms with E-state index in [-0.39, 0.29) is 12.6 Å². The van der Waals surface area contributed by atoms with E-state index < -0.39 is 0 Å². The lowest BCUT2D eigenvalue weighted by Crippen LogP contribution is -2.27. The zero-order valence-electron chi connectivity index (χ0n) is 14.9. The van der Waals surface area contributed by atoms with Crippen molar-refractivity contribution in [3.05, 3.63) is 64.7 Å². The minimum absolute atomic E-state index is 0.168. The maximum atomic E-state index is 12.5. The molecule has 0 unspecified atom stereocenters. The van der Waals surface area contributed by atoms with Crippen molar-refractivity contribution in [2.45, 2.75) is 20.2 Å². The number of amides is 1. The van der Waals surface area contributed by atoms with Crippen LogP contribution in [0.4, 0.5) is 0 Å². The fraction of sp³-hybridized carbons (Fsp3) is 0.278. The molecule has 0 aliphatic carbocycles. The lowest BCUT2D eigenvalue weighted by Gasteiger charge is -2.15. The SMILES string of the molecule is Cc1ccc(Cl)c(OCn2ccc(C(=O)N(C)Cc3ccnn3C)n2)c1. The van der Waals surface area contributed by atoms with Crippen molar-refractivity contribution in [2.24, 2.45) is 7.05 Å². The first-order chi connectivity index (χ1) is 12.4. The Labute approximate surface area is 156 Å². The van der Waals surface area contributed by atoms with Gasteiger partial charge >= 0.3 is 0 Å². The van der Waals surface area contributed by atoms with Crippen LogP contribution in [0.5, 0.6) is 5.75 Å². The zero-order valence-corrected chi connectivity index (χ0v) is 15.6. The first-order valence-corrected chi connectivity index (χ1v) is 8.46. The van der Waals surface area contributed by atoms with Crippen molar-refractivity contribution >= 4 is 17.5 Å². The Bertz CT molecular complexity index is 918. The van der Waals surface area contributed by atoms with Gasteiger partial charge in [-0.05, 0) is 36.8 Å². The summed E-state index contributed by atoms with van der Waals surface area (Å²) in [5.74, 6) is 0.418. The Morgan fingerprint density at radius 3 is 2.85 bits per heavy atom. The molecule has 7 nitrogen and oxygen atoms in total. The number of carbonyl (C=O) groups excluding carboxylic acids is 1. The largest absolute Gasteiger partial charge is 0.470 e. The summed E-state index contributed by atoms with van der Waals surface area (Å²) < 4.78 is 8.99. The van der Waals surface area contributed by atoms with E-state index in [1.54, 1.807) is 45.8 Å². The molecule has 3 aromatic rings. The quantitative estimate of drug-likeness (QED) is 0.666. The summed E-state index contributed by atoms with van der Waals surface area (Å²) >= 11 is 6.12. The molecular weight excluding hydrogens is 354 g/mol. The van der Waals surface area contributed by atoms with Crippen LogP contribution >= 0.6 is 11.6 Å². The van der Waals surface area contributed by atoms with E-state index >= 15 is 0 Å². The summed E-state index contributed by atoms with van der Waals surface area (Å²) in [6, 6.07) is 9.11. The van der Waals surface area contributed by atoms with E-state index in [1.807, 2.05) is 32.2 Å². The lowest BCUT2D eigenvalue weighted by atomic mass is 10.2. The number of carbonyl (C=O) groups is 1. The number of hydrogen-bond acceptors (Lipinski definition) is 4. The van der Waals surface area contributed by atoms with Gasteiger partial charge in [0.15, 0.2) is 12.4 Å². The second-order valence-corrected chi connectivity index (χ2v) is 6.46. The molecule has 2 heterocycles. The van der Waals surface area contributed by atoms with Gasteiger partial charge in [0.1, 0.15) is 5.75 Å². The third kappa shape index (κ3) is 4.05. The number of hydrogen-bond donors (Lipinski definition) is 0. The van der Waals surface area contributed by atoms with Gasteiger partial charge in [0, 0.05) is 26.5 Å². The standard InChI is InChI=1S/C18H20ClN5O2/c1-13-4-5-15(19)17(10-13)26-12-24-9-7-16(21-24)18(25)22(2)11-14-6-8-20-23(14)3/h4-10H,11-12H2,1-3H3. The second-order valence-electron chi connectivity index (χ2n) is 6.06. The number of ether oxygens (including phenoxy) is 1. The van der Waals surface area contributed by atoms with Crippen LogP contribution in [0.2, 0.25) is 5.02 Å². The average molecular weight is 374 g/mol. The number of benzene rings is 1. The first kappa shape index (κ1) is 18.0. The van der Waals surface area contributed by atoms with Gasteiger partial charge in [-0.1, -0.05) is 17.7 Å². The Kier molecular flexibility index (Phi) is 5.27. The van der Waals surface area contributed by atoms with Crippen LogP contribution in [0.3, 0.4) is 0 Å². The van der Waals surface area contributed by atoms with E-state index in [1.165, 1.54) is 0 Å². The molecule has 0 aliphatic rings. The predicted octanol–water partition coefficient (Wildman–Crippen LogP) is 2.89. The van der Waals surface area contributed by atoms with E-state index in [0.29, 0.717) is 23.0 Å². The van der Waals surface area contributed by atoms with Gasteiger partial charge in [0.25, 0.3) is 5.91 Å². The van der Waals surface area contributed by atoms with Gasteiger partial charge in [0.2, 0.25) is 0 Å². The molecule has 1 amide bonds. The zero-order chi connectivity index (χ0) is 18.7. The predicted molar refractivity (Wildman–Crippen MR) is 98.0 cm³/mol. The highest BCUT2D eigenvalue weighted by molar-refractivity contribution is 6.32. The molecular formula is C18H20ClN5O2. The number of nitrogens with zero attached hydrogens (tertiary/aromatic N) is 5. The number of aryl methyl sites for hydroxylation is 2. The van der Waals surface area contributed by atoms with E-state index in [9.17, 15) is 4.79 Å². The Hall–Kier alpha value is -2.80. The summed E-state index contributed by atoms with van der Waals surface area (Å²) in [6.45, 7) is 2.59. The molecule has 2 aromatic heterocycles.